The molecule has 0 saturated heterocycles. The lowest BCUT2D eigenvalue weighted by molar-refractivity contribution is -0.125. The number of benzene rings is 1. The summed E-state index contributed by atoms with van der Waals surface area (Å²) in [5, 5.41) is 5.56. The fourth-order valence-electron chi connectivity index (χ4n) is 2.60. The van der Waals surface area contributed by atoms with Gasteiger partial charge in [0.25, 0.3) is 0 Å². The first-order chi connectivity index (χ1) is 9.56. The van der Waals surface area contributed by atoms with Gasteiger partial charge in [-0.2, -0.15) is 0 Å². The van der Waals surface area contributed by atoms with Crippen molar-refractivity contribution in [3.8, 4) is 0 Å². The SMILES string of the molecule is C[C@@H](NC(=O)C1CCCC1)c1ccc(NC(N)=O)cc1. The quantitative estimate of drug-likeness (QED) is 0.789. The molecule has 1 aromatic carbocycles. The Kier molecular flexibility index (Phi) is 4.61. The van der Waals surface area contributed by atoms with Gasteiger partial charge in [0.05, 0.1) is 6.04 Å². The zero-order valence-corrected chi connectivity index (χ0v) is 11.7. The Bertz CT molecular complexity index is 478. The third kappa shape index (κ3) is 3.73. The number of urea groups is 1. The molecule has 1 aliphatic carbocycles. The van der Waals surface area contributed by atoms with Crippen LogP contribution >= 0.6 is 0 Å². The van der Waals surface area contributed by atoms with Crippen molar-refractivity contribution in [2.24, 2.45) is 11.7 Å². The molecule has 0 radical (unpaired) electrons. The highest BCUT2D eigenvalue weighted by Gasteiger charge is 2.23. The lowest BCUT2D eigenvalue weighted by atomic mass is 10.0. The molecule has 1 atom stereocenters. The minimum atomic E-state index is -0.583. The zero-order chi connectivity index (χ0) is 14.5. The van der Waals surface area contributed by atoms with Gasteiger partial charge in [-0.1, -0.05) is 25.0 Å². The van der Waals surface area contributed by atoms with Gasteiger partial charge in [-0.25, -0.2) is 4.79 Å². The van der Waals surface area contributed by atoms with Crippen molar-refractivity contribution in [3.63, 3.8) is 0 Å². The van der Waals surface area contributed by atoms with E-state index in [1.165, 1.54) is 0 Å². The van der Waals surface area contributed by atoms with E-state index in [0.717, 1.165) is 31.2 Å². The van der Waals surface area contributed by atoms with Crippen LogP contribution in [0, 0.1) is 5.92 Å². The van der Waals surface area contributed by atoms with Crippen molar-refractivity contribution in [1.29, 1.82) is 0 Å². The number of hydrogen-bond acceptors (Lipinski definition) is 2. The van der Waals surface area contributed by atoms with E-state index in [9.17, 15) is 9.59 Å². The Labute approximate surface area is 118 Å². The molecule has 3 amide bonds. The van der Waals surface area contributed by atoms with Crippen molar-refractivity contribution < 1.29 is 9.59 Å². The maximum absolute atomic E-state index is 12.1. The zero-order valence-electron chi connectivity index (χ0n) is 11.7. The van der Waals surface area contributed by atoms with E-state index >= 15 is 0 Å². The molecule has 1 aliphatic rings. The van der Waals surface area contributed by atoms with Gasteiger partial charge in [0.1, 0.15) is 0 Å². The van der Waals surface area contributed by atoms with Crippen LogP contribution in [0.25, 0.3) is 0 Å². The predicted molar refractivity (Wildman–Crippen MR) is 78.2 cm³/mol. The van der Waals surface area contributed by atoms with Crippen LogP contribution in [0.1, 0.15) is 44.2 Å². The second-order valence-corrected chi connectivity index (χ2v) is 5.32. The van der Waals surface area contributed by atoms with E-state index in [4.69, 9.17) is 5.73 Å². The second-order valence-electron chi connectivity index (χ2n) is 5.32. The van der Waals surface area contributed by atoms with Crippen molar-refractivity contribution in [3.05, 3.63) is 29.8 Å². The lowest BCUT2D eigenvalue weighted by Crippen LogP contribution is -2.31. The first kappa shape index (κ1) is 14.4. The van der Waals surface area contributed by atoms with Gasteiger partial charge in [0.2, 0.25) is 5.91 Å². The fourth-order valence-corrected chi connectivity index (χ4v) is 2.60. The molecule has 4 N–H and O–H groups in total. The number of carbonyl (C=O) groups is 2. The Hall–Kier alpha value is -2.04. The summed E-state index contributed by atoms with van der Waals surface area (Å²) in [6.45, 7) is 1.96. The summed E-state index contributed by atoms with van der Waals surface area (Å²) in [7, 11) is 0. The average Bonchev–Trinajstić information content (AvgIpc) is 2.92. The largest absolute Gasteiger partial charge is 0.351 e. The van der Waals surface area contributed by atoms with Crippen molar-refractivity contribution in [2.75, 3.05) is 5.32 Å². The summed E-state index contributed by atoms with van der Waals surface area (Å²) in [5.41, 5.74) is 6.71. The van der Waals surface area contributed by atoms with Gasteiger partial charge in [0.15, 0.2) is 0 Å². The normalized spacial score (nSPS) is 16.6. The molecule has 2 rings (SSSR count). The van der Waals surface area contributed by atoms with Gasteiger partial charge < -0.3 is 16.4 Å². The van der Waals surface area contributed by atoms with E-state index < -0.39 is 6.03 Å². The van der Waals surface area contributed by atoms with E-state index in [1.807, 2.05) is 19.1 Å². The minimum absolute atomic E-state index is 0.0364. The van der Waals surface area contributed by atoms with Crippen molar-refractivity contribution in [2.45, 2.75) is 38.6 Å². The molecule has 0 spiro atoms. The second kappa shape index (κ2) is 6.41. The third-order valence-electron chi connectivity index (χ3n) is 3.76. The van der Waals surface area contributed by atoms with Crippen LogP contribution in [0.15, 0.2) is 24.3 Å². The molecular weight excluding hydrogens is 254 g/mol. The smallest absolute Gasteiger partial charge is 0.316 e. The molecule has 0 heterocycles. The van der Waals surface area contributed by atoms with Gasteiger partial charge >= 0.3 is 6.03 Å². The molecule has 1 saturated carbocycles. The van der Waals surface area contributed by atoms with Crippen LogP contribution in [-0.2, 0) is 4.79 Å². The van der Waals surface area contributed by atoms with Crippen LogP contribution in [0.4, 0.5) is 10.5 Å². The molecule has 0 unspecified atom stereocenters. The van der Waals surface area contributed by atoms with Crippen LogP contribution in [0.5, 0.6) is 0 Å². The Morgan fingerprint density at radius 3 is 2.35 bits per heavy atom. The van der Waals surface area contributed by atoms with Gasteiger partial charge in [-0.3, -0.25) is 4.79 Å². The number of nitrogens with one attached hydrogen (secondary N) is 2. The molecule has 1 aromatic rings. The summed E-state index contributed by atoms with van der Waals surface area (Å²) < 4.78 is 0. The van der Waals surface area contributed by atoms with Crippen LogP contribution in [0.3, 0.4) is 0 Å². The van der Waals surface area contributed by atoms with Gasteiger partial charge in [-0.05, 0) is 37.5 Å². The Morgan fingerprint density at radius 1 is 1.20 bits per heavy atom. The molecular formula is C15H21N3O2. The number of primary amides is 1. The first-order valence-electron chi connectivity index (χ1n) is 7.03. The van der Waals surface area contributed by atoms with E-state index in [-0.39, 0.29) is 17.9 Å². The Balaban J connectivity index is 1.92. The Morgan fingerprint density at radius 2 is 1.80 bits per heavy atom. The molecule has 5 heteroatoms. The van der Waals surface area contributed by atoms with Crippen molar-refractivity contribution >= 4 is 17.6 Å². The maximum Gasteiger partial charge on any atom is 0.316 e. The van der Waals surface area contributed by atoms with E-state index in [2.05, 4.69) is 10.6 Å². The average molecular weight is 275 g/mol. The summed E-state index contributed by atoms with van der Waals surface area (Å²) in [5.74, 6) is 0.322. The lowest BCUT2D eigenvalue weighted by Gasteiger charge is -2.17. The molecule has 1 fully saturated rings. The number of carbonyl (C=O) groups excluding carboxylic acids is 2. The summed E-state index contributed by atoms with van der Waals surface area (Å²) >= 11 is 0. The van der Waals surface area contributed by atoms with E-state index in [1.54, 1.807) is 12.1 Å². The van der Waals surface area contributed by atoms with Gasteiger partial charge in [-0.15, -0.1) is 0 Å². The maximum atomic E-state index is 12.1. The number of amides is 3. The van der Waals surface area contributed by atoms with E-state index in [0.29, 0.717) is 5.69 Å². The summed E-state index contributed by atoms with van der Waals surface area (Å²) in [6.07, 6.45) is 4.31. The van der Waals surface area contributed by atoms with Crippen LogP contribution < -0.4 is 16.4 Å². The number of hydrogen-bond donors (Lipinski definition) is 3. The number of rotatable bonds is 4. The highest BCUT2D eigenvalue weighted by atomic mass is 16.2. The molecule has 5 nitrogen and oxygen atoms in total. The number of nitrogens with two attached hydrogens (primary N) is 1. The fraction of sp³-hybridized carbons (Fsp3) is 0.467. The van der Waals surface area contributed by atoms with Crippen molar-refractivity contribution in [1.82, 2.24) is 5.32 Å². The monoisotopic (exact) mass is 275 g/mol. The van der Waals surface area contributed by atoms with Crippen LogP contribution in [0.2, 0.25) is 0 Å². The standard InChI is InChI=1S/C15H21N3O2/c1-10(17-14(19)12-4-2-3-5-12)11-6-8-13(9-7-11)18-15(16)20/h6-10,12H,2-5H2,1H3,(H,17,19)(H3,16,18,20)/t10-/m1/s1. The predicted octanol–water partition coefficient (Wildman–Crippen LogP) is 2.54. The van der Waals surface area contributed by atoms with Gasteiger partial charge in [0, 0.05) is 11.6 Å². The first-order valence-corrected chi connectivity index (χ1v) is 7.03. The highest BCUT2D eigenvalue weighted by Crippen LogP contribution is 2.26. The third-order valence-corrected chi connectivity index (χ3v) is 3.76. The molecule has 0 aromatic heterocycles. The summed E-state index contributed by atoms with van der Waals surface area (Å²) in [4.78, 5) is 22.8. The summed E-state index contributed by atoms with van der Waals surface area (Å²) in [6, 6.07) is 6.69. The molecule has 0 aliphatic heterocycles. The molecule has 0 bridgehead atoms. The molecule has 20 heavy (non-hydrogen) atoms. The van der Waals surface area contributed by atoms with Crippen LogP contribution in [-0.4, -0.2) is 11.9 Å². The topological polar surface area (TPSA) is 84.2 Å². The highest BCUT2D eigenvalue weighted by molar-refractivity contribution is 5.87. The minimum Gasteiger partial charge on any atom is -0.351 e. The molecule has 108 valence electrons. The number of anilines is 1.